The van der Waals surface area contributed by atoms with E-state index in [0.717, 1.165) is 59.4 Å². The molecule has 2 heterocycles. The van der Waals surface area contributed by atoms with E-state index >= 15 is 0 Å². The molecule has 3 aromatic carbocycles. The van der Waals surface area contributed by atoms with Crippen molar-refractivity contribution in [1.82, 2.24) is 4.90 Å². The van der Waals surface area contributed by atoms with Crippen molar-refractivity contribution in [3.05, 3.63) is 82.4 Å². The van der Waals surface area contributed by atoms with Crippen LogP contribution in [0.1, 0.15) is 34.3 Å². The third kappa shape index (κ3) is 2.82. The van der Waals surface area contributed by atoms with Crippen LogP contribution < -0.4 is 0 Å². The van der Waals surface area contributed by atoms with Gasteiger partial charge in [-0.25, -0.2) is 4.79 Å². The summed E-state index contributed by atoms with van der Waals surface area (Å²) in [7, 11) is 0. The van der Waals surface area contributed by atoms with E-state index in [1.54, 1.807) is 0 Å². The van der Waals surface area contributed by atoms with Gasteiger partial charge in [0.1, 0.15) is 5.60 Å². The highest BCUT2D eigenvalue weighted by molar-refractivity contribution is 6.30. The molecule has 2 aliphatic heterocycles. The van der Waals surface area contributed by atoms with Gasteiger partial charge >= 0.3 is 5.97 Å². The fourth-order valence-corrected chi connectivity index (χ4v) is 4.61. The minimum atomic E-state index is -0.482. The summed E-state index contributed by atoms with van der Waals surface area (Å²) in [4.78, 5) is 15.0. The summed E-state index contributed by atoms with van der Waals surface area (Å²) in [5.74, 6) is -0.179. The van der Waals surface area contributed by atoms with Gasteiger partial charge in [-0.15, -0.1) is 0 Å². The first kappa shape index (κ1) is 16.8. The lowest BCUT2D eigenvalue weighted by atomic mass is 9.81. The van der Waals surface area contributed by atoms with E-state index in [0.29, 0.717) is 0 Å². The van der Waals surface area contributed by atoms with Gasteiger partial charge < -0.3 is 4.74 Å². The Bertz CT molecular complexity index is 1020. The molecule has 0 unspecified atom stereocenters. The maximum atomic E-state index is 12.5. The summed E-state index contributed by atoms with van der Waals surface area (Å²) in [5.41, 5.74) is 2.60. The first-order valence-corrected chi connectivity index (χ1v) is 9.75. The summed E-state index contributed by atoms with van der Waals surface area (Å²) >= 11 is 5.98. The van der Waals surface area contributed by atoms with Gasteiger partial charge in [0.05, 0.1) is 5.56 Å². The van der Waals surface area contributed by atoms with Crippen molar-refractivity contribution in [3.8, 4) is 0 Å². The molecular weight excluding hydrogens is 358 g/mol. The smallest absolute Gasteiger partial charge is 0.339 e. The van der Waals surface area contributed by atoms with Crippen LogP contribution in [0.4, 0.5) is 0 Å². The van der Waals surface area contributed by atoms with E-state index < -0.39 is 5.60 Å². The Morgan fingerprint density at radius 2 is 1.70 bits per heavy atom. The molecule has 5 rings (SSSR count). The van der Waals surface area contributed by atoms with Gasteiger partial charge in [0.2, 0.25) is 0 Å². The van der Waals surface area contributed by atoms with Crippen LogP contribution in [0.5, 0.6) is 0 Å². The largest absolute Gasteiger partial charge is 0.450 e. The zero-order valence-electron chi connectivity index (χ0n) is 15.0. The van der Waals surface area contributed by atoms with Crippen LogP contribution in [0.15, 0.2) is 60.7 Å². The van der Waals surface area contributed by atoms with Crippen molar-refractivity contribution in [2.75, 3.05) is 13.1 Å². The molecule has 3 nitrogen and oxygen atoms in total. The average Bonchev–Trinajstić information content (AvgIpc) is 2.97. The number of hydrogen-bond donors (Lipinski definition) is 0. The van der Waals surface area contributed by atoms with Crippen LogP contribution >= 0.6 is 11.6 Å². The van der Waals surface area contributed by atoms with Gasteiger partial charge in [0, 0.05) is 43.1 Å². The number of esters is 1. The Kier molecular flexibility index (Phi) is 3.96. The average molecular weight is 378 g/mol. The molecule has 0 bridgehead atoms. The molecular formula is C23H20ClNO2. The monoisotopic (exact) mass is 377 g/mol. The number of nitrogens with zero attached hydrogens (tertiary/aromatic N) is 1. The second-order valence-corrected chi connectivity index (χ2v) is 7.93. The highest BCUT2D eigenvalue weighted by Gasteiger charge is 2.48. The third-order valence-electron chi connectivity index (χ3n) is 5.88. The lowest BCUT2D eigenvalue weighted by molar-refractivity contribution is -0.0434. The van der Waals surface area contributed by atoms with Crippen LogP contribution in [0.2, 0.25) is 5.02 Å². The molecule has 0 radical (unpaired) electrons. The van der Waals surface area contributed by atoms with Gasteiger partial charge in [-0.05, 0) is 34.5 Å². The second-order valence-electron chi connectivity index (χ2n) is 7.50. The molecule has 27 heavy (non-hydrogen) atoms. The van der Waals surface area contributed by atoms with E-state index in [1.807, 2.05) is 36.4 Å². The van der Waals surface area contributed by atoms with Crippen molar-refractivity contribution in [1.29, 1.82) is 0 Å². The second kappa shape index (κ2) is 6.36. The molecule has 0 N–H and O–H groups in total. The topological polar surface area (TPSA) is 29.5 Å². The fraction of sp³-hybridized carbons (Fsp3) is 0.261. The van der Waals surface area contributed by atoms with Crippen LogP contribution in [-0.4, -0.2) is 24.0 Å². The molecule has 4 heteroatoms. The van der Waals surface area contributed by atoms with Gasteiger partial charge in [-0.2, -0.15) is 0 Å². The van der Waals surface area contributed by atoms with E-state index in [2.05, 4.69) is 29.2 Å². The van der Waals surface area contributed by atoms with E-state index in [4.69, 9.17) is 16.3 Å². The molecule has 0 atom stereocenters. The molecule has 0 aromatic heterocycles. The standard InChI is InChI=1S/C23H20ClNO2/c24-18-8-5-16(6-9-18)15-25-13-11-23(12-14-25)21-19-4-2-1-3-17(19)7-10-20(21)22(26)27-23/h1-10H,11-15H2. The maximum Gasteiger partial charge on any atom is 0.339 e. The number of rotatable bonds is 2. The van der Waals surface area contributed by atoms with E-state index in [-0.39, 0.29) is 5.97 Å². The number of fused-ring (bicyclic) bond motifs is 4. The number of ether oxygens (including phenoxy) is 1. The fourth-order valence-electron chi connectivity index (χ4n) is 4.49. The maximum absolute atomic E-state index is 12.5. The van der Waals surface area contributed by atoms with Gasteiger partial charge in [0.15, 0.2) is 0 Å². The van der Waals surface area contributed by atoms with Crippen molar-refractivity contribution >= 4 is 28.3 Å². The summed E-state index contributed by atoms with van der Waals surface area (Å²) < 4.78 is 6.00. The van der Waals surface area contributed by atoms with Gasteiger partial charge in [-0.3, -0.25) is 4.90 Å². The molecule has 3 aromatic rings. The Balaban J connectivity index is 1.43. The minimum Gasteiger partial charge on any atom is -0.450 e. The van der Waals surface area contributed by atoms with Crippen molar-refractivity contribution in [2.45, 2.75) is 25.0 Å². The minimum absolute atomic E-state index is 0.179. The van der Waals surface area contributed by atoms with E-state index in [9.17, 15) is 4.79 Å². The predicted octanol–water partition coefficient (Wildman–Crippen LogP) is 5.15. The highest BCUT2D eigenvalue weighted by Crippen LogP contribution is 2.47. The molecule has 1 saturated heterocycles. The highest BCUT2D eigenvalue weighted by atomic mass is 35.5. The summed E-state index contributed by atoms with van der Waals surface area (Å²) in [6, 6.07) is 20.2. The third-order valence-corrected chi connectivity index (χ3v) is 6.13. The van der Waals surface area contributed by atoms with Gasteiger partial charge in [0.25, 0.3) is 0 Å². The molecule has 1 fully saturated rings. The summed E-state index contributed by atoms with van der Waals surface area (Å²) in [6.45, 7) is 2.70. The zero-order valence-corrected chi connectivity index (χ0v) is 15.7. The zero-order chi connectivity index (χ0) is 18.4. The van der Waals surface area contributed by atoms with Crippen LogP contribution in [0.25, 0.3) is 10.8 Å². The Morgan fingerprint density at radius 3 is 2.48 bits per heavy atom. The van der Waals surface area contributed by atoms with Crippen LogP contribution in [-0.2, 0) is 16.9 Å². The summed E-state index contributed by atoms with van der Waals surface area (Å²) in [5, 5.41) is 3.07. The Hall–Kier alpha value is -2.36. The van der Waals surface area contributed by atoms with Crippen molar-refractivity contribution in [2.24, 2.45) is 0 Å². The lowest BCUT2D eigenvalue weighted by Crippen LogP contribution is -2.42. The predicted molar refractivity (Wildman–Crippen MR) is 107 cm³/mol. The SMILES string of the molecule is O=C1OC2(CCN(Cc3ccc(Cl)cc3)CC2)c2c1ccc1ccccc21. The lowest BCUT2D eigenvalue weighted by Gasteiger charge is -2.39. The molecule has 0 saturated carbocycles. The summed E-state index contributed by atoms with van der Waals surface area (Å²) in [6.07, 6.45) is 1.65. The number of benzene rings is 3. The van der Waals surface area contributed by atoms with Gasteiger partial charge in [-0.1, -0.05) is 54.1 Å². The number of carbonyl (C=O) groups is 1. The van der Waals surface area contributed by atoms with Crippen molar-refractivity contribution < 1.29 is 9.53 Å². The number of carbonyl (C=O) groups excluding carboxylic acids is 1. The molecule has 2 aliphatic rings. The first-order valence-electron chi connectivity index (χ1n) is 9.37. The molecule has 0 amide bonds. The number of likely N-dealkylation sites (tertiary alicyclic amines) is 1. The van der Waals surface area contributed by atoms with Crippen molar-refractivity contribution in [3.63, 3.8) is 0 Å². The van der Waals surface area contributed by atoms with E-state index in [1.165, 1.54) is 5.56 Å². The number of hydrogen-bond acceptors (Lipinski definition) is 3. The van der Waals surface area contributed by atoms with Crippen LogP contribution in [0, 0.1) is 0 Å². The quantitative estimate of drug-likeness (QED) is 0.578. The Morgan fingerprint density at radius 1 is 0.963 bits per heavy atom. The Labute approximate surface area is 163 Å². The van der Waals surface area contributed by atoms with Crippen LogP contribution in [0.3, 0.4) is 0 Å². The molecule has 1 spiro atoms. The molecule has 0 aliphatic carbocycles. The molecule has 136 valence electrons. The number of halogens is 1. The normalized spacial score (nSPS) is 18.6. The first-order chi connectivity index (χ1) is 13.1. The number of piperidine rings is 1.